The molecule has 0 aliphatic rings. The molecule has 146 valence electrons. The molecular weight excluding hydrogens is 346 g/mol. The summed E-state index contributed by atoms with van der Waals surface area (Å²) < 4.78 is 0. The van der Waals surface area contributed by atoms with Crippen molar-refractivity contribution in [3.8, 4) is 11.3 Å². The van der Waals surface area contributed by atoms with Crippen LogP contribution in [0, 0.1) is 6.92 Å². The Kier molecular flexibility index (Phi) is 6.98. The Balaban J connectivity index is 1.75. The van der Waals surface area contributed by atoms with Crippen LogP contribution in [0.2, 0.25) is 0 Å². The van der Waals surface area contributed by atoms with Crippen LogP contribution in [0.3, 0.4) is 0 Å². The first-order chi connectivity index (χ1) is 13.6. The van der Waals surface area contributed by atoms with Gasteiger partial charge in [-0.05, 0) is 39.5 Å². The summed E-state index contributed by atoms with van der Waals surface area (Å²) in [6.07, 6.45) is 1.04. The lowest BCUT2D eigenvalue weighted by Crippen LogP contribution is -2.17. The molecule has 28 heavy (non-hydrogen) atoms. The van der Waals surface area contributed by atoms with Crippen molar-refractivity contribution in [3.63, 3.8) is 0 Å². The van der Waals surface area contributed by atoms with E-state index >= 15 is 0 Å². The molecule has 5 nitrogen and oxygen atoms in total. The molecule has 1 aromatic heterocycles. The van der Waals surface area contributed by atoms with E-state index in [0.29, 0.717) is 5.95 Å². The van der Waals surface area contributed by atoms with Crippen molar-refractivity contribution in [3.05, 3.63) is 71.8 Å². The average Bonchev–Trinajstić information content (AvgIpc) is 2.71. The third-order valence-electron chi connectivity index (χ3n) is 4.46. The van der Waals surface area contributed by atoms with E-state index in [1.54, 1.807) is 0 Å². The molecular formula is C23H29N5. The van der Waals surface area contributed by atoms with Gasteiger partial charge in [-0.2, -0.15) is 4.98 Å². The Morgan fingerprint density at radius 2 is 1.64 bits per heavy atom. The van der Waals surface area contributed by atoms with Gasteiger partial charge in [0.05, 0.1) is 5.69 Å². The molecule has 0 unspecified atom stereocenters. The zero-order valence-electron chi connectivity index (χ0n) is 16.9. The number of benzene rings is 2. The molecule has 0 amide bonds. The summed E-state index contributed by atoms with van der Waals surface area (Å²) in [5, 5.41) is 6.81. The van der Waals surface area contributed by atoms with Gasteiger partial charge in [0.15, 0.2) is 0 Å². The summed E-state index contributed by atoms with van der Waals surface area (Å²) in [7, 11) is 4.17. The standard InChI is InChI=1S/C23H29N5/c1-18-10-12-19(13-11-18)17-25-22-16-21(20-8-5-4-6-9-20)26-23(27-22)24-14-7-15-28(2)3/h4-6,8-13,16H,7,14-15,17H2,1-3H3,(H2,24,25,26,27). The Morgan fingerprint density at radius 3 is 2.36 bits per heavy atom. The van der Waals surface area contributed by atoms with Crippen LogP contribution in [-0.2, 0) is 6.54 Å². The van der Waals surface area contributed by atoms with Gasteiger partial charge in [0.1, 0.15) is 5.82 Å². The van der Waals surface area contributed by atoms with E-state index in [4.69, 9.17) is 4.98 Å². The number of hydrogen-bond donors (Lipinski definition) is 2. The normalized spacial score (nSPS) is 10.9. The van der Waals surface area contributed by atoms with Gasteiger partial charge in [0.2, 0.25) is 5.95 Å². The molecule has 0 radical (unpaired) electrons. The van der Waals surface area contributed by atoms with E-state index in [-0.39, 0.29) is 0 Å². The number of aryl methyl sites for hydroxylation is 1. The summed E-state index contributed by atoms with van der Waals surface area (Å²) in [4.78, 5) is 11.6. The summed E-state index contributed by atoms with van der Waals surface area (Å²) >= 11 is 0. The first kappa shape index (κ1) is 19.8. The van der Waals surface area contributed by atoms with E-state index in [1.165, 1.54) is 11.1 Å². The lowest BCUT2D eigenvalue weighted by atomic mass is 10.1. The smallest absolute Gasteiger partial charge is 0.225 e. The topological polar surface area (TPSA) is 53.1 Å². The van der Waals surface area contributed by atoms with Crippen LogP contribution >= 0.6 is 0 Å². The summed E-state index contributed by atoms with van der Waals surface area (Å²) in [5.74, 6) is 1.48. The number of rotatable bonds is 9. The van der Waals surface area contributed by atoms with E-state index in [0.717, 1.165) is 43.1 Å². The second kappa shape index (κ2) is 9.85. The Labute approximate surface area is 167 Å². The SMILES string of the molecule is Cc1ccc(CNc2cc(-c3ccccc3)nc(NCCCN(C)C)n2)cc1. The van der Waals surface area contributed by atoms with Crippen molar-refractivity contribution in [1.82, 2.24) is 14.9 Å². The fourth-order valence-corrected chi connectivity index (χ4v) is 2.87. The quantitative estimate of drug-likeness (QED) is 0.542. The number of nitrogens with one attached hydrogen (secondary N) is 2. The maximum Gasteiger partial charge on any atom is 0.225 e. The van der Waals surface area contributed by atoms with Gasteiger partial charge in [-0.1, -0.05) is 60.2 Å². The van der Waals surface area contributed by atoms with E-state index in [9.17, 15) is 0 Å². The minimum absolute atomic E-state index is 0.659. The van der Waals surface area contributed by atoms with Crippen LogP contribution in [0.1, 0.15) is 17.5 Å². The molecule has 0 bridgehead atoms. The highest BCUT2D eigenvalue weighted by molar-refractivity contribution is 5.64. The van der Waals surface area contributed by atoms with E-state index < -0.39 is 0 Å². The first-order valence-electron chi connectivity index (χ1n) is 9.73. The highest BCUT2D eigenvalue weighted by atomic mass is 15.1. The lowest BCUT2D eigenvalue weighted by molar-refractivity contribution is 0.405. The van der Waals surface area contributed by atoms with Crippen molar-refractivity contribution < 1.29 is 0 Å². The van der Waals surface area contributed by atoms with E-state index in [1.807, 2.05) is 24.3 Å². The zero-order valence-corrected chi connectivity index (χ0v) is 16.9. The van der Waals surface area contributed by atoms with Crippen molar-refractivity contribution in [2.24, 2.45) is 0 Å². The minimum Gasteiger partial charge on any atom is -0.366 e. The molecule has 3 rings (SSSR count). The van der Waals surface area contributed by atoms with E-state index in [2.05, 4.69) is 77.9 Å². The van der Waals surface area contributed by atoms with Gasteiger partial charge < -0.3 is 15.5 Å². The molecule has 1 heterocycles. The molecule has 5 heteroatoms. The van der Waals surface area contributed by atoms with Crippen molar-refractivity contribution in [1.29, 1.82) is 0 Å². The highest BCUT2D eigenvalue weighted by Gasteiger charge is 2.07. The molecule has 3 aromatic rings. The second-order valence-electron chi connectivity index (χ2n) is 7.25. The number of nitrogens with zero attached hydrogens (tertiary/aromatic N) is 3. The predicted molar refractivity (Wildman–Crippen MR) is 118 cm³/mol. The fourth-order valence-electron chi connectivity index (χ4n) is 2.87. The molecule has 0 aliphatic heterocycles. The van der Waals surface area contributed by atoms with Crippen LogP contribution in [0.5, 0.6) is 0 Å². The fraction of sp³-hybridized carbons (Fsp3) is 0.304. The van der Waals surface area contributed by atoms with Gasteiger partial charge in [-0.25, -0.2) is 4.98 Å². The summed E-state index contributed by atoms with van der Waals surface area (Å²) in [6, 6.07) is 20.8. The van der Waals surface area contributed by atoms with Gasteiger partial charge in [-0.15, -0.1) is 0 Å². The molecule has 0 saturated carbocycles. The van der Waals surface area contributed by atoms with Gasteiger partial charge in [0, 0.05) is 24.7 Å². The molecule has 2 aromatic carbocycles. The highest BCUT2D eigenvalue weighted by Crippen LogP contribution is 2.21. The number of anilines is 2. The summed E-state index contributed by atoms with van der Waals surface area (Å²) in [5.41, 5.74) is 4.49. The van der Waals surface area contributed by atoms with Crippen LogP contribution < -0.4 is 10.6 Å². The predicted octanol–water partition coefficient (Wildman–Crippen LogP) is 4.43. The molecule has 0 atom stereocenters. The Hall–Kier alpha value is -2.92. The zero-order chi connectivity index (χ0) is 19.8. The van der Waals surface area contributed by atoms with Crippen molar-refractivity contribution in [2.45, 2.75) is 19.9 Å². The lowest BCUT2D eigenvalue weighted by Gasteiger charge is -2.13. The largest absolute Gasteiger partial charge is 0.366 e. The average molecular weight is 376 g/mol. The molecule has 2 N–H and O–H groups in total. The minimum atomic E-state index is 0.659. The summed E-state index contributed by atoms with van der Waals surface area (Å²) in [6.45, 7) is 4.70. The van der Waals surface area contributed by atoms with Crippen LogP contribution in [0.25, 0.3) is 11.3 Å². The maximum absolute atomic E-state index is 4.71. The molecule has 0 aliphatic carbocycles. The van der Waals surface area contributed by atoms with Crippen molar-refractivity contribution in [2.75, 3.05) is 37.8 Å². The van der Waals surface area contributed by atoms with Crippen LogP contribution in [0.4, 0.5) is 11.8 Å². The molecule has 0 saturated heterocycles. The van der Waals surface area contributed by atoms with Gasteiger partial charge in [-0.3, -0.25) is 0 Å². The van der Waals surface area contributed by atoms with Gasteiger partial charge >= 0.3 is 0 Å². The second-order valence-corrected chi connectivity index (χ2v) is 7.25. The molecule has 0 fully saturated rings. The maximum atomic E-state index is 4.71. The number of hydrogen-bond acceptors (Lipinski definition) is 5. The third kappa shape index (κ3) is 6.06. The monoisotopic (exact) mass is 375 g/mol. The van der Waals surface area contributed by atoms with Gasteiger partial charge in [0.25, 0.3) is 0 Å². The van der Waals surface area contributed by atoms with Crippen LogP contribution in [0.15, 0.2) is 60.7 Å². The van der Waals surface area contributed by atoms with Crippen LogP contribution in [-0.4, -0.2) is 42.1 Å². The Bertz CT molecular complexity index is 860. The first-order valence-corrected chi connectivity index (χ1v) is 9.73. The third-order valence-corrected chi connectivity index (χ3v) is 4.46. The molecule has 0 spiro atoms. The number of aromatic nitrogens is 2. The van der Waals surface area contributed by atoms with Crippen molar-refractivity contribution >= 4 is 11.8 Å². The Morgan fingerprint density at radius 1 is 0.893 bits per heavy atom.